The molecule has 0 amide bonds. The monoisotopic (exact) mass is 493 g/mol. The number of aliphatic imine (C=N–C) groups is 1. The molecule has 0 saturated heterocycles. The van der Waals surface area contributed by atoms with E-state index < -0.39 is 0 Å². The van der Waals surface area contributed by atoms with Gasteiger partial charge in [0.05, 0.1) is 15.5 Å². The van der Waals surface area contributed by atoms with E-state index in [1.165, 1.54) is 27.8 Å². The summed E-state index contributed by atoms with van der Waals surface area (Å²) in [6.45, 7) is 16.2. The molecule has 1 aliphatic rings. The van der Waals surface area contributed by atoms with Crippen molar-refractivity contribution < 1.29 is 5.11 Å². The van der Waals surface area contributed by atoms with Gasteiger partial charge in [-0.3, -0.25) is 4.99 Å². The average Bonchev–Trinajstić information content (AvgIpc) is 3.00. The predicted molar refractivity (Wildman–Crippen MR) is 123 cm³/mol. The summed E-state index contributed by atoms with van der Waals surface area (Å²) in [5.74, 6) is 0.257. The van der Waals surface area contributed by atoms with Crippen molar-refractivity contribution in [2.45, 2.75) is 65.8 Å². The molecule has 1 heterocycles. The standard InChI is InChI=1S/C13H17N.C10H12Br2O/c1-9-5-11(13(2,3)4)6-10-7-14-8-12(9)10;1-10(2,3)6-4-7(11)9(13)8(12)5-6/h5-7H,8H2,1-4H3;4-5,13H,1-3H3. The van der Waals surface area contributed by atoms with Crippen LogP contribution in [0.3, 0.4) is 0 Å². The molecule has 0 unspecified atom stereocenters. The van der Waals surface area contributed by atoms with Gasteiger partial charge in [-0.25, -0.2) is 0 Å². The molecule has 2 nitrogen and oxygen atoms in total. The van der Waals surface area contributed by atoms with E-state index in [4.69, 9.17) is 0 Å². The van der Waals surface area contributed by atoms with Crippen molar-refractivity contribution >= 4 is 38.1 Å². The number of hydrogen-bond acceptors (Lipinski definition) is 2. The first-order chi connectivity index (χ1) is 12.3. The van der Waals surface area contributed by atoms with Crippen LogP contribution in [-0.4, -0.2) is 11.3 Å². The summed E-state index contributed by atoms with van der Waals surface area (Å²) in [6.07, 6.45) is 2.00. The van der Waals surface area contributed by atoms with Crippen LogP contribution in [-0.2, 0) is 17.4 Å². The van der Waals surface area contributed by atoms with Gasteiger partial charge >= 0.3 is 0 Å². The summed E-state index contributed by atoms with van der Waals surface area (Å²) in [5.41, 5.74) is 7.01. The third-order valence-corrected chi connectivity index (χ3v) is 5.95. The van der Waals surface area contributed by atoms with Gasteiger partial charge in [-0.1, -0.05) is 47.6 Å². The molecule has 27 heavy (non-hydrogen) atoms. The van der Waals surface area contributed by atoms with E-state index in [1.807, 2.05) is 18.3 Å². The van der Waals surface area contributed by atoms with Crippen LogP contribution in [0.1, 0.15) is 69.4 Å². The second kappa shape index (κ2) is 8.08. The third-order valence-electron chi connectivity index (χ3n) is 4.74. The Kier molecular flexibility index (Phi) is 6.63. The van der Waals surface area contributed by atoms with Crippen LogP contribution in [0.2, 0.25) is 0 Å². The highest BCUT2D eigenvalue weighted by atomic mass is 79.9. The fourth-order valence-corrected chi connectivity index (χ4v) is 4.03. The first-order valence-electron chi connectivity index (χ1n) is 9.13. The second-order valence-corrected chi connectivity index (χ2v) is 10.8. The molecule has 0 aliphatic carbocycles. The molecule has 2 aromatic rings. The number of phenols is 1. The minimum atomic E-state index is 0.0960. The van der Waals surface area contributed by atoms with Crippen molar-refractivity contribution in [3.05, 3.63) is 61.0 Å². The molecule has 0 fully saturated rings. The number of hydrogen-bond donors (Lipinski definition) is 1. The van der Waals surface area contributed by atoms with Crippen molar-refractivity contribution in [1.82, 2.24) is 0 Å². The van der Waals surface area contributed by atoms with Gasteiger partial charge in [-0.05, 0) is 95.6 Å². The highest BCUT2D eigenvalue weighted by Gasteiger charge is 2.18. The van der Waals surface area contributed by atoms with Gasteiger partial charge in [0.2, 0.25) is 0 Å². The Balaban J connectivity index is 0.000000194. The molecular formula is C23H29Br2NO. The minimum Gasteiger partial charge on any atom is -0.506 e. The number of fused-ring (bicyclic) bond motifs is 1. The van der Waals surface area contributed by atoms with Crippen molar-refractivity contribution in [2.24, 2.45) is 4.99 Å². The first kappa shape index (κ1) is 22.2. The van der Waals surface area contributed by atoms with Crippen molar-refractivity contribution in [3.8, 4) is 5.75 Å². The lowest BCUT2D eigenvalue weighted by atomic mass is 9.84. The second-order valence-electron chi connectivity index (χ2n) is 9.12. The third kappa shape index (κ3) is 5.45. The number of rotatable bonds is 0. The lowest BCUT2D eigenvalue weighted by Crippen LogP contribution is -2.12. The number of aryl methyl sites for hydroxylation is 1. The molecule has 4 heteroatoms. The van der Waals surface area contributed by atoms with E-state index in [0.29, 0.717) is 0 Å². The van der Waals surface area contributed by atoms with Gasteiger partial charge in [0.25, 0.3) is 0 Å². The highest BCUT2D eigenvalue weighted by Crippen LogP contribution is 2.37. The maximum absolute atomic E-state index is 9.50. The van der Waals surface area contributed by atoms with Crippen LogP contribution in [0.5, 0.6) is 5.75 Å². The number of nitrogens with zero attached hydrogens (tertiary/aromatic N) is 1. The van der Waals surface area contributed by atoms with Crippen LogP contribution in [0, 0.1) is 6.92 Å². The molecule has 0 saturated carbocycles. The Hall–Kier alpha value is -1.13. The topological polar surface area (TPSA) is 32.6 Å². The van der Waals surface area contributed by atoms with E-state index in [2.05, 4.69) is 97.5 Å². The lowest BCUT2D eigenvalue weighted by molar-refractivity contribution is 0.467. The maximum atomic E-state index is 9.50. The Morgan fingerprint density at radius 1 is 0.852 bits per heavy atom. The molecule has 1 aliphatic heterocycles. The number of aromatic hydroxyl groups is 1. The van der Waals surface area contributed by atoms with E-state index in [9.17, 15) is 5.11 Å². The lowest BCUT2D eigenvalue weighted by Gasteiger charge is -2.21. The molecule has 0 bridgehead atoms. The van der Waals surface area contributed by atoms with Crippen molar-refractivity contribution in [3.63, 3.8) is 0 Å². The summed E-state index contributed by atoms with van der Waals surface area (Å²) in [4.78, 5) is 4.31. The first-order valence-corrected chi connectivity index (χ1v) is 10.7. The zero-order chi connectivity index (χ0) is 20.6. The van der Waals surface area contributed by atoms with Gasteiger partial charge in [0, 0.05) is 6.21 Å². The van der Waals surface area contributed by atoms with Crippen LogP contribution in [0.4, 0.5) is 0 Å². The molecule has 3 rings (SSSR count). The van der Waals surface area contributed by atoms with Gasteiger partial charge < -0.3 is 5.11 Å². The molecular weight excluding hydrogens is 466 g/mol. The van der Waals surface area contributed by atoms with E-state index >= 15 is 0 Å². The van der Waals surface area contributed by atoms with Gasteiger partial charge in [-0.2, -0.15) is 0 Å². The van der Waals surface area contributed by atoms with E-state index in [-0.39, 0.29) is 16.6 Å². The Morgan fingerprint density at radius 3 is 1.81 bits per heavy atom. The largest absolute Gasteiger partial charge is 0.506 e. The normalized spacial score (nSPS) is 13.2. The summed E-state index contributed by atoms with van der Waals surface area (Å²) < 4.78 is 1.46. The number of halogens is 2. The van der Waals surface area contributed by atoms with Gasteiger partial charge in [-0.15, -0.1) is 0 Å². The SMILES string of the molecule is CC(C)(C)c1cc(Br)c(O)c(Br)c1.Cc1cc(C(C)(C)C)cc2c1CN=C2. The Labute approximate surface area is 180 Å². The molecule has 146 valence electrons. The van der Waals surface area contributed by atoms with Crippen LogP contribution >= 0.6 is 31.9 Å². The average molecular weight is 495 g/mol. The summed E-state index contributed by atoms with van der Waals surface area (Å²) in [5, 5.41) is 9.50. The predicted octanol–water partition coefficient (Wildman–Crippen LogP) is 7.44. The van der Waals surface area contributed by atoms with Gasteiger partial charge in [0.1, 0.15) is 5.75 Å². The Morgan fingerprint density at radius 2 is 1.33 bits per heavy atom. The van der Waals surface area contributed by atoms with Crippen LogP contribution < -0.4 is 0 Å². The maximum Gasteiger partial charge on any atom is 0.143 e. The van der Waals surface area contributed by atoms with Crippen molar-refractivity contribution in [1.29, 1.82) is 0 Å². The zero-order valence-electron chi connectivity index (χ0n) is 17.2. The Bertz CT molecular complexity index is 848. The van der Waals surface area contributed by atoms with Crippen LogP contribution in [0.15, 0.2) is 38.2 Å². The fourth-order valence-electron chi connectivity index (χ4n) is 2.84. The van der Waals surface area contributed by atoms with E-state index in [0.717, 1.165) is 15.5 Å². The molecule has 0 atom stereocenters. The summed E-state index contributed by atoms with van der Waals surface area (Å²) in [6, 6.07) is 8.46. The molecule has 2 aromatic carbocycles. The highest BCUT2D eigenvalue weighted by molar-refractivity contribution is 9.11. The molecule has 0 aromatic heterocycles. The molecule has 0 radical (unpaired) electrons. The van der Waals surface area contributed by atoms with Crippen molar-refractivity contribution in [2.75, 3.05) is 0 Å². The number of benzene rings is 2. The van der Waals surface area contributed by atoms with E-state index in [1.54, 1.807) is 0 Å². The minimum absolute atomic E-state index is 0.0960. The van der Waals surface area contributed by atoms with Crippen LogP contribution in [0.25, 0.3) is 0 Å². The zero-order valence-corrected chi connectivity index (χ0v) is 20.4. The van der Waals surface area contributed by atoms with Gasteiger partial charge in [0.15, 0.2) is 0 Å². The molecule has 0 spiro atoms. The number of phenolic OH excluding ortho intramolecular Hbond substituents is 1. The summed E-state index contributed by atoms with van der Waals surface area (Å²) in [7, 11) is 0. The quantitative estimate of drug-likeness (QED) is 0.405. The smallest absolute Gasteiger partial charge is 0.143 e. The summed E-state index contributed by atoms with van der Waals surface area (Å²) >= 11 is 6.62. The fraction of sp³-hybridized carbons (Fsp3) is 0.435. The molecule has 1 N–H and O–H groups in total.